The number of rotatable bonds is 3. The second-order valence-electron chi connectivity index (χ2n) is 5.98. The zero-order valence-corrected chi connectivity index (χ0v) is 11.3. The molecule has 0 saturated carbocycles. The first-order valence-electron chi connectivity index (χ1n) is 7.48. The summed E-state index contributed by atoms with van der Waals surface area (Å²) in [6.45, 7) is 2.76. The Morgan fingerprint density at radius 2 is 1.84 bits per heavy atom. The number of piperidine rings is 1. The Morgan fingerprint density at radius 3 is 2.42 bits per heavy atom. The summed E-state index contributed by atoms with van der Waals surface area (Å²) in [5.74, 6) is 0.630. The van der Waals surface area contributed by atoms with Crippen LogP contribution in [0.25, 0.3) is 0 Å². The van der Waals surface area contributed by atoms with E-state index >= 15 is 0 Å². The molecule has 0 spiro atoms. The first-order chi connectivity index (χ1) is 9.27. The van der Waals surface area contributed by atoms with Gasteiger partial charge in [0, 0.05) is 6.54 Å². The maximum Gasteiger partial charge on any atom is 0.233 e. The van der Waals surface area contributed by atoms with E-state index < -0.39 is 0 Å². The van der Waals surface area contributed by atoms with Crippen molar-refractivity contribution < 1.29 is 9.59 Å². The number of fused-ring (bicyclic) bond motifs is 1. The molecule has 0 aromatic carbocycles. The van der Waals surface area contributed by atoms with E-state index in [0.717, 1.165) is 32.4 Å². The van der Waals surface area contributed by atoms with Crippen LogP contribution in [-0.2, 0) is 9.59 Å². The van der Waals surface area contributed by atoms with Gasteiger partial charge in [0.15, 0.2) is 0 Å². The molecular formula is C15H22N2O2. The lowest BCUT2D eigenvalue weighted by atomic mass is 9.85. The van der Waals surface area contributed by atoms with Gasteiger partial charge in [-0.05, 0) is 51.1 Å². The second kappa shape index (κ2) is 5.45. The third kappa shape index (κ3) is 2.46. The van der Waals surface area contributed by atoms with E-state index in [4.69, 9.17) is 0 Å². The van der Waals surface area contributed by atoms with E-state index in [1.54, 1.807) is 0 Å². The minimum atomic E-state index is -0.0676. The van der Waals surface area contributed by atoms with Crippen molar-refractivity contribution in [1.29, 1.82) is 0 Å². The van der Waals surface area contributed by atoms with Gasteiger partial charge in [-0.15, -0.1) is 0 Å². The summed E-state index contributed by atoms with van der Waals surface area (Å²) in [7, 11) is 0. The summed E-state index contributed by atoms with van der Waals surface area (Å²) < 4.78 is 0. The monoisotopic (exact) mass is 262 g/mol. The maximum atomic E-state index is 12.3. The predicted octanol–water partition coefficient (Wildman–Crippen LogP) is 1.33. The number of nitrogens with zero attached hydrogens (tertiary/aromatic N) is 1. The molecule has 2 aliphatic heterocycles. The van der Waals surface area contributed by atoms with Crippen LogP contribution in [0.3, 0.4) is 0 Å². The molecule has 0 aromatic heterocycles. The molecule has 4 heteroatoms. The lowest BCUT2D eigenvalue weighted by Gasteiger charge is -2.24. The van der Waals surface area contributed by atoms with Crippen molar-refractivity contribution in [2.45, 2.75) is 32.1 Å². The molecular weight excluding hydrogens is 240 g/mol. The van der Waals surface area contributed by atoms with Crippen molar-refractivity contribution in [1.82, 2.24) is 10.2 Å². The van der Waals surface area contributed by atoms with E-state index in [0.29, 0.717) is 12.5 Å². The smallest absolute Gasteiger partial charge is 0.233 e. The summed E-state index contributed by atoms with van der Waals surface area (Å²) in [6.07, 6.45) is 8.96. The van der Waals surface area contributed by atoms with Crippen molar-refractivity contribution in [3.05, 3.63) is 12.2 Å². The fourth-order valence-electron chi connectivity index (χ4n) is 3.57. The number of carbonyl (C=O) groups excluding carboxylic acids is 2. The molecule has 4 nitrogen and oxygen atoms in total. The minimum absolute atomic E-state index is 0.0676. The first-order valence-corrected chi connectivity index (χ1v) is 7.48. The zero-order chi connectivity index (χ0) is 13.2. The molecule has 2 saturated heterocycles. The Hall–Kier alpha value is -1.16. The second-order valence-corrected chi connectivity index (χ2v) is 5.98. The van der Waals surface area contributed by atoms with Crippen molar-refractivity contribution in [2.24, 2.45) is 17.8 Å². The molecule has 3 aliphatic rings. The number of allylic oxidation sites excluding steroid dienone is 2. The van der Waals surface area contributed by atoms with Gasteiger partial charge in [0.1, 0.15) is 0 Å². The van der Waals surface area contributed by atoms with Crippen LogP contribution in [0.2, 0.25) is 0 Å². The highest BCUT2D eigenvalue weighted by molar-refractivity contribution is 6.05. The highest BCUT2D eigenvalue weighted by atomic mass is 16.2. The molecule has 2 heterocycles. The van der Waals surface area contributed by atoms with Crippen molar-refractivity contribution >= 4 is 11.8 Å². The minimum Gasteiger partial charge on any atom is -0.316 e. The highest BCUT2D eigenvalue weighted by Crippen LogP contribution is 2.35. The number of amides is 2. The van der Waals surface area contributed by atoms with Gasteiger partial charge in [0.25, 0.3) is 0 Å². The zero-order valence-electron chi connectivity index (χ0n) is 11.3. The molecule has 0 aromatic rings. The molecule has 19 heavy (non-hydrogen) atoms. The Kier molecular flexibility index (Phi) is 3.69. The van der Waals surface area contributed by atoms with Gasteiger partial charge in [-0.3, -0.25) is 14.5 Å². The third-order valence-corrected chi connectivity index (χ3v) is 4.76. The van der Waals surface area contributed by atoms with Gasteiger partial charge in [0.05, 0.1) is 11.8 Å². The number of hydrogen-bond donors (Lipinski definition) is 1. The van der Waals surface area contributed by atoms with Crippen LogP contribution in [0, 0.1) is 17.8 Å². The molecule has 0 bridgehead atoms. The van der Waals surface area contributed by atoms with Crippen molar-refractivity contribution in [2.75, 3.05) is 19.6 Å². The molecule has 2 fully saturated rings. The van der Waals surface area contributed by atoms with Gasteiger partial charge in [-0.1, -0.05) is 12.2 Å². The third-order valence-electron chi connectivity index (χ3n) is 4.76. The number of likely N-dealkylation sites (tertiary alicyclic amines) is 1. The van der Waals surface area contributed by atoms with Crippen LogP contribution in [0.4, 0.5) is 0 Å². The number of carbonyl (C=O) groups is 2. The van der Waals surface area contributed by atoms with E-state index in [9.17, 15) is 9.59 Å². The lowest BCUT2D eigenvalue weighted by molar-refractivity contribution is -0.140. The Morgan fingerprint density at radius 1 is 1.16 bits per heavy atom. The van der Waals surface area contributed by atoms with Crippen LogP contribution in [-0.4, -0.2) is 36.3 Å². The Bertz CT molecular complexity index is 373. The lowest BCUT2D eigenvalue weighted by Crippen LogP contribution is -2.36. The average Bonchev–Trinajstić information content (AvgIpc) is 2.71. The Balaban J connectivity index is 1.59. The molecule has 104 valence electrons. The Labute approximate surface area is 114 Å². The SMILES string of the molecule is O=C1C2CC=CCC2C(=O)N1CCC1CCCNC1. The number of hydrogen-bond acceptors (Lipinski definition) is 3. The van der Waals surface area contributed by atoms with Gasteiger partial charge in [0.2, 0.25) is 11.8 Å². The van der Waals surface area contributed by atoms with E-state index in [1.165, 1.54) is 17.7 Å². The number of nitrogens with one attached hydrogen (secondary N) is 1. The molecule has 3 rings (SSSR count). The first kappa shape index (κ1) is 12.9. The van der Waals surface area contributed by atoms with Crippen LogP contribution in [0.15, 0.2) is 12.2 Å². The van der Waals surface area contributed by atoms with E-state index in [1.807, 2.05) is 12.2 Å². The van der Waals surface area contributed by atoms with Gasteiger partial charge in [-0.2, -0.15) is 0 Å². The summed E-state index contributed by atoms with van der Waals surface area (Å²) >= 11 is 0. The van der Waals surface area contributed by atoms with Crippen molar-refractivity contribution in [3.63, 3.8) is 0 Å². The quantitative estimate of drug-likeness (QED) is 0.616. The molecule has 1 N–H and O–H groups in total. The molecule has 3 atom stereocenters. The molecule has 3 unspecified atom stereocenters. The largest absolute Gasteiger partial charge is 0.316 e. The fourth-order valence-corrected chi connectivity index (χ4v) is 3.57. The van der Waals surface area contributed by atoms with Crippen LogP contribution >= 0.6 is 0 Å². The standard InChI is InChI=1S/C15H22N2O2/c18-14-12-5-1-2-6-13(12)15(19)17(14)9-7-11-4-3-8-16-10-11/h1-2,11-13,16H,3-10H2. The summed E-state index contributed by atoms with van der Waals surface area (Å²) in [5.41, 5.74) is 0. The summed E-state index contributed by atoms with van der Waals surface area (Å²) in [5, 5.41) is 3.38. The van der Waals surface area contributed by atoms with Gasteiger partial charge in [-0.25, -0.2) is 0 Å². The van der Waals surface area contributed by atoms with Crippen LogP contribution in [0.1, 0.15) is 32.1 Å². The number of imide groups is 1. The van der Waals surface area contributed by atoms with E-state index in [2.05, 4.69) is 5.32 Å². The maximum absolute atomic E-state index is 12.3. The summed E-state index contributed by atoms with van der Waals surface area (Å²) in [6, 6.07) is 0. The fraction of sp³-hybridized carbons (Fsp3) is 0.733. The van der Waals surface area contributed by atoms with Crippen molar-refractivity contribution in [3.8, 4) is 0 Å². The summed E-state index contributed by atoms with van der Waals surface area (Å²) in [4.78, 5) is 26.1. The average molecular weight is 262 g/mol. The molecule has 1 aliphatic carbocycles. The van der Waals surface area contributed by atoms with Crippen LogP contribution < -0.4 is 5.32 Å². The normalized spacial score (nSPS) is 34.7. The van der Waals surface area contributed by atoms with Crippen LogP contribution in [0.5, 0.6) is 0 Å². The topological polar surface area (TPSA) is 49.4 Å². The molecule has 2 amide bonds. The van der Waals surface area contributed by atoms with E-state index in [-0.39, 0.29) is 23.7 Å². The van der Waals surface area contributed by atoms with Gasteiger partial charge >= 0.3 is 0 Å². The van der Waals surface area contributed by atoms with Gasteiger partial charge < -0.3 is 5.32 Å². The highest BCUT2D eigenvalue weighted by Gasteiger charge is 2.46. The predicted molar refractivity (Wildman–Crippen MR) is 72.3 cm³/mol. The molecule has 0 radical (unpaired) electrons.